The number of hydrogen-bond donors (Lipinski definition) is 1. The highest BCUT2D eigenvalue weighted by Gasteiger charge is 2.26. The van der Waals surface area contributed by atoms with Gasteiger partial charge in [0, 0.05) is 24.5 Å². The molecule has 0 radical (unpaired) electrons. The molecule has 120 valence electrons. The van der Waals surface area contributed by atoms with Crippen molar-refractivity contribution in [2.24, 2.45) is 5.92 Å². The summed E-state index contributed by atoms with van der Waals surface area (Å²) in [4.78, 5) is 4.60. The highest BCUT2D eigenvalue weighted by atomic mass is 32.2. The first-order valence-corrected chi connectivity index (χ1v) is 10.3. The van der Waals surface area contributed by atoms with E-state index in [0.717, 1.165) is 31.5 Å². The van der Waals surface area contributed by atoms with Crippen LogP contribution >= 0.6 is 11.3 Å². The van der Waals surface area contributed by atoms with E-state index in [2.05, 4.69) is 29.5 Å². The number of sulfonamides is 1. The van der Waals surface area contributed by atoms with E-state index < -0.39 is 10.0 Å². The largest absolute Gasteiger partial charge is 0.309 e. The molecule has 1 N–H and O–H groups in total. The van der Waals surface area contributed by atoms with E-state index in [4.69, 9.17) is 0 Å². The van der Waals surface area contributed by atoms with Gasteiger partial charge in [-0.25, -0.2) is 17.7 Å². The molecule has 0 aliphatic carbocycles. The van der Waals surface area contributed by atoms with Gasteiger partial charge in [0.15, 0.2) is 0 Å². The van der Waals surface area contributed by atoms with E-state index in [0.29, 0.717) is 19.0 Å². The minimum atomic E-state index is -3.05. The SMILES string of the molecule is CCc1nc([C@@H](C)NC[C@H]2CCCN(S(C)(=O)=O)C2)cs1. The molecule has 0 spiro atoms. The molecule has 0 bridgehead atoms. The molecular weight excluding hydrogens is 306 g/mol. The highest BCUT2D eigenvalue weighted by Crippen LogP contribution is 2.20. The number of nitrogens with one attached hydrogen (secondary N) is 1. The average molecular weight is 332 g/mol. The summed E-state index contributed by atoms with van der Waals surface area (Å²) < 4.78 is 24.9. The van der Waals surface area contributed by atoms with Gasteiger partial charge in [0.2, 0.25) is 10.0 Å². The van der Waals surface area contributed by atoms with Crippen LogP contribution in [0.15, 0.2) is 5.38 Å². The molecule has 1 aromatic rings. The molecular formula is C14H25N3O2S2. The van der Waals surface area contributed by atoms with Crippen molar-refractivity contribution in [2.45, 2.75) is 39.2 Å². The highest BCUT2D eigenvalue weighted by molar-refractivity contribution is 7.88. The molecule has 1 aliphatic heterocycles. The van der Waals surface area contributed by atoms with E-state index >= 15 is 0 Å². The minimum Gasteiger partial charge on any atom is -0.309 e. The van der Waals surface area contributed by atoms with Crippen LogP contribution in [0.4, 0.5) is 0 Å². The predicted molar refractivity (Wildman–Crippen MR) is 87.1 cm³/mol. The maximum absolute atomic E-state index is 11.6. The number of thiazole rings is 1. The third-order valence-corrected chi connectivity index (χ3v) is 6.26. The molecule has 0 saturated carbocycles. The molecule has 5 nitrogen and oxygen atoms in total. The summed E-state index contributed by atoms with van der Waals surface area (Å²) >= 11 is 1.70. The van der Waals surface area contributed by atoms with Crippen LogP contribution in [0.1, 0.15) is 43.4 Å². The zero-order chi connectivity index (χ0) is 15.5. The topological polar surface area (TPSA) is 62.3 Å². The zero-order valence-corrected chi connectivity index (χ0v) is 14.6. The van der Waals surface area contributed by atoms with Crippen molar-refractivity contribution in [1.29, 1.82) is 0 Å². The van der Waals surface area contributed by atoms with Gasteiger partial charge in [0.05, 0.1) is 17.0 Å². The molecule has 2 rings (SSSR count). The van der Waals surface area contributed by atoms with Gasteiger partial charge >= 0.3 is 0 Å². The summed E-state index contributed by atoms with van der Waals surface area (Å²) in [6.45, 7) is 6.37. The Bertz CT molecular complexity index is 556. The van der Waals surface area contributed by atoms with Crippen LogP contribution in [0.5, 0.6) is 0 Å². The van der Waals surface area contributed by atoms with Crippen molar-refractivity contribution in [3.63, 3.8) is 0 Å². The molecule has 1 aromatic heterocycles. The predicted octanol–water partition coefficient (Wildman–Crippen LogP) is 2.03. The Morgan fingerprint density at radius 1 is 1.57 bits per heavy atom. The Kier molecular flexibility index (Phi) is 5.76. The number of hydrogen-bond acceptors (Lipinski definition) is 5. The van der Waals surface area contributed by atoms with Crippen LogP contribution < -0.4 is 5.32 Å². The third kappa shape index (κ3) is 4.74. The van der Waals surface area contributed by atoms with Gasteiger partial charge in [-0.1, -0.05) is 6.92 Å². The first-order chi connectivity index (χ1) is 9.90. The summed E-state index contributed by atoms with van der Waals surface area (Å²) in [6.07, 6.45) is 4.31. The second-order valence-electron chi connectivity index (χ2n) is 5.78. The van der Waals surface area contributed by atoms with Gasteiger partial charge in [-0.3, -0.25) is 0 Å². The van der Waals surface area contributed by atoms with Gasteiger partial charge in [-0.15, -0.1) is 11.3 Å². The standard InChI is InChI=1S/C14H25N3O2S2/c1-4-14-16-13(10-20-14)11(2)15-8-12-6-5-7-17(9-12)21(3,18)19/h10-12,15H,4-9H2,1-3H3/t11-,12-/m1/s1. The Labute approximate surface area is 131 Å². The monoisotopic (exact) mass is 331 g/mol. The van der Waals surface area contributed by atoms with E-state index in [1.807, 2.05) is 0 Å². The number of nitrogens with zero attached hydrogens (tertiary/aromatic N) is 2. The normalized spacial score (nSPS) is 22.3. The lowest BCUT2D eigenvalue weighted by atomic mass is 9.99. The Morgan fingerprint density at radius 3 is 2.95 bits per heavy atom. The van der Waals surface area contributed by atoms with E-state index in [1.165, 1.54) is 11.3 Å². The fraction of sp³-hybridized carbons (Fsp3) is 0.786. The molecule has 0 aromatic carbocycles. The summed E-state index contributed by atoms with van der Waals surface area (Å²) in [5, 5.41) is 6.78. The van der Waals surface area contributed by atoms with E-state index in [9.17, 15) is 8.42 Å². The first kappa shape index (κ1) is 16.9. The number of rotatable bonds is 6. The van der Waals surface area contributed by atoms with Gasteiger partial charge in [-0.05, 0) is 38.6 Å². The van der Waals surface area contributed by atoms with Crippen LogP contribution in [-0.2, 0) is 16.4 Å². The van der Waals surface area contributed by atoms with Crippen molar-refractivity contribution in [1.82, 2.24) is 14.6 Å². The van der Waals surface area contributed by atoms with Crippen molar-refractivity contribution in [2.75, 3.05) is 25.9 Å². The Hall–Kier alpha value is -0.500. The molecule has 7 heteroatoms. The first-order valence-electron chi connectivity index (χ1n) is 7.53. The van der Waals surface area contributed by atoms with Crippen molar-refractivity contribution >= 4 is 21.4 Å². The lowest BCUT2D eigenvalue weighted by Crippen LogP contribution is -2.42. The summed E-state index contributed by atoms with van der Waals surface area (Å²) in [6, 6.07) is 0.218. The van der Waals surface area contributed by atoms with Gasteiger partial charge in [0.1, 0.15) is 0 Å². The molecule has 2 atom stereocenters. The van der Waals surface area contributed by atoms with Gasteiger partial charge < -0.3 is 5.32 Å². The van der Waals surface area contributed by atoms with Gasteiger partial charge in [-0.2, -0.15) is 0 Å². The molecule has 0 amide bonds. The summed E-state index contributed by atoms with van der Waals surface area (Å²) in [5.74, 6) is 0.389. The summed E-state index contributed by atoms with van der Waals surface area (Å²) in [5.41, 5.74) is 1.09. The number of aromatic nitrogens is 1. The molecule has 1 saturated heterocycles. The van der Waals surface area contributed by atoms with Crippen LogP contribution in [0.2, 0.25) is 0 Å². The van der Waals surface area contributed by atoms with Crippen molar-refractivity contribution in [3.8, 4) is 0 Å². The molecule has 1 aliphatic rings. The second kappa shape index (κ2) is 7.17. The molecule has 2 heterocycles. The lowest BCUT2D eigenvalue weighted by molar-refractivity contribution is 0.256. The zero-order valence-electron chi connectivity index (χ0n) is 13.0. The Balaban J connectivity index is 1.84. The fourth-order valence-corrected chi connectivity index (χ4v) is 4.41. The second-order valence-corrected chi connectivity index (χ2v) is 8.70. The van der Waals surface area contributed by atoms with Crippen LogP contribution in [0, 0.1) is 5.92 Å². The molecule has 0 unspecified atom stereocenters. The smallest absolute Gasteiger partial charge is 0.211 e. The Morgan fingerprint density at radius 2 is 2.33 bits per heavy atom. The van der Waals surface area contributed by atoms with Crippen molar-refractivity contribution in [3.05, 3.63) is 16.1 Å². The van der Waals surface area contributed by atoms with E-state index in [-0.39, 0.29) is 6.04 Å². The van der Waals surface area contributed by atoms with Crippen LogP contribution in [0.25, 0.3) is 0 Å². The maximum Gasteiger partial charge on any atom is 0.211 e. The quantitative estimate of drug-likeness (QED) is 0.866. The van der Waals surface area contributed by atoms with Crippen LogP contribution in [0.3, 0.4) is 0 Å². The van der Waals surface area contributed by atoms with Gasteiger partial charge in [0.25, 0.3) is 0 Å². The third-order valence-electron chi connectivity index (χ3n) is 3.98. The fourth-order valence-electron chi connectivity index (χ4n) is 2.63. The maximum atomic E-state index is 11.6. The van der Waals surface area contributed by atoms with Crippen molar-refractivity contribution < 1.29 is 8.42 Å². The molecule has 21 heavy (non-hydrogen) atoms. The minimum absolute atomic E-state index is 0.218. The number of piperidine rings is 1. The lowest BCUT2D eigenvalue weighted by Gasteiger charge is -2.31. The van der Waals surface area contributed by atoms with E-state index in [1.54, 1.807) is 15.6 Å². The van der Waals surface area contributed by atoms with Crippen LogP contribution in [-0.4, -0.2) is 43.6 Å². The number of aryl methyl sites for hydroxylation is 1. The summed E-state index contributed by atoms with van der Waals surface area (Å²) in [7, 11) is -3.05. The average Bonchev–Trinajstić information content (AvgIpc) is 2.93. The molecule has 1 fully saturated rings.